The molecule has 0 unspecified atom stereocenters. The molecule has 0 saturated heterocycles. The van der Waals surface area contributed by atoms with Gasteiger partial charge in [-0.2, -0.15) is 0 Å². The van der Waals surface area contributed by atoms with Gasteiger partial charge in [0, 0.05) is 20.0 Å². The van der Waals surface area contributed by atoms with Gasteiger partial charge in [-0.1, -0.05) is 72.8 Å². The summed E-state index contributed by atoms with van der Waals surface area (Å²) in [7, 11) is 0.120. The normalized spacial score (nSPS) is 10.9. The van der Waals surface area contributed by atoms with E-state index in [-0.39, 0.29) is 7.92 Å². The van der Waals surface area contributed by atoms with E-state index < -0.39 is 13.1 Å². The van der Waals surface area contributed by atoms with E-state index in [1.54, 1.807) is 0 Å². The Balaban J connectivity index is 0.000000552. The predicted molar refractivity (Wildman–Crippen MR) is 136 cm³/mol. The van der Waals surface area contributed by atoms with E-state index in [9.17, 15) is 0 Å². The van der Waals surface area contributed by atoms with Crippen LogP contribution in [0.4, 0.5) is 0 Å². The molecule has 4 aromatic carbocycles. The maximum atomic E-state index is 2.30. The first kappa shape index (κ1) is 21.5. The van der Waals surface area contributed by atoms with Crippen LogP contribution in [0.15, 0.2) is 121 Å². The second-order valence-corrected chi connectivity index (χ2v) is 15.4. The molecule has 0 aliphatic heterocycles. The molecular formula is C27H30AlP. The van der Waals surface area contributed by atoms with Crippen LogP contribution in [0.2, 0.25) is 0 Å². The molecule has 0 saturated carbocycles. The van der Waals surface area contributed by atoms with Crippen molar-refractivity contribution in [2.45, 2.75) is 0 Å². The van der Waals surface area contributed by atoms with Crippen LogP contribution in [0.1, 0.15) is 0 Å². The molecule has 0 spiro atoms. The summed E-state index contributed by atoms with van der Waals surface area (Å²) < 4.78 is 5.77. The van der Waals surface area contributed by atoms with Crippen molar-refractivity contribution in [1.29, 1.82) is 0 Å². The van der Waals surface area contributed by atoms with Gasteiger partial charge in [-0.25, -0.2) is 17.7 Å². The van der Waals surface area contributed by atoms with Crippen molar-refractivity contribution in [3.63, 3.8) is 0 Å². The van der Waals surface area contributed by atoms with E-state index in [1.165, 1.54) is 17.7 Å². The summed E-state index contributed by atoms with van der Waals surface area (Å²) in [6, 6.07) is 44.2. The van der Waals surface area contributed by atoms with Gasteiger partial charge in [0.15, 0.2) is 0 Å². The van der Waals surface area contributed by atoms with Crippen molar-refractivity contribution in [2.75, 3.05) is 20.0 Å². The van der Waals surface area contributed by atoms with Gasteiger partial charge < -0.3 is 0 Å². The molecule has 2 heteroatoms. The van der Waals surface area contributed by atoms with E-state index in [0.717, 1.165) is 0 Å². The minimum Gasteiger partial charge on any atom is -0.218 e. The lowest BCUT2D eigenvalue weighted by atomic mass is 10.3. The highest BCUT2D eigenvalue weighted by Gasteiger charge is 2.35. The molecule has 29 heavy (non-hydrogen) atoms. The second-order valence-electron chi connectivity index (χ2n) is 8.01. The Bertz CT molecular complexity index is 802. The fourth-order valence-electron chi connectivity index (χ4n) is 4.12. The number of rotatable bonds is 4. The maximum absolute atomic E-state index is 2.69. The summed E-state index contributed by atoms with van der Waals surface area (Å²) >= 11 is -2.69. The van der Waals surface area contributed by atoms with Crippen molar-refractivity contribution in [2.24, 2.45) is 0 Å². The predicted octanol–water partition coefficient (Wildman–Crippen LogP) is 4.15. The number of hydrogen-bond donors (Lipinski definition) is 0. The molecule has 0 heterocycles. The van der Waals surface area contributed by atoms with Crippen molar-refractivity contribution >= 4 is 38.7 Å². The smallest absolute Gasteiger partial charge is 0.218 e. The molecular weight excluding hydrogens is 382 g/mol. The van der Waals surface area contributed by atoms with Crippen LogP contribution in [0.5, 0.6) is 0 Å². The lowest BCUT2D eigenvalue weighted by Gasteiger charge is -2.40. The third-order valence-electron chi connectivity index (χ3n) is 5.20. The van der Waals surface area contributed by atoms with E-state index in [2.05, 4.69) is 141 Å². The Morgan fingerprint density at radius 3 is 0.724 bits per heavy atom. The molecule has 4 rings (SSSR count). The summed E-state index contributed by atoms with van der Waals surface area (Å²) in [6.07, 6.45) is 0. The summed E-state index contributed by atoms with van der Waals surface area (Å²) in [6.45, 7) is 6.81. The minimum atomic E-state index is -2.69. The standard InChI is InChI=1S/4C6H5.C3H9P.Al/c4*1-2-4-6-5-3-1;1-4(2)3;/h4*1-5H;1-3H3;/q;;;;;-1/p+1. The Kier molecular flexibility index (Phi) is 7.85. The van der Waals surface area contributed by atoms with Crippen LogP contribution < -0.4 is 17.7 Å². The van der Waals surface area contributed by atoms with Crippen LogP contribution in [0.3, 0.4) is 0 Å². The van der Waals surface area contributed by atoms with Gasteiger partial charge in [-0.05, 0) is 7.92 Å². The van der Waals surface area contributed by atoms with E-state index in [4.69, 9.17) is 0 Å². The van der Waals surface area contributed by atoms with Crippen LogP contribution in [-0.4, -0.2) is 33.1 Å². The molecule has 4 aromatic rings. The molecule has 0 fully saturated rings. The summed E-state index contributed by atoms with van der Waals surface area (Å²) in [4.78, 5) is 0. The molecule has 0 radical (unpaired) electrons. The second kappa shape index (κ2) is 10.6. The lowest BCUT2D eigenvalue weighted by Crippen LogP contribution is -2.74. The monoisotopic (exact) mass is 412 g/mol. The maximum Gasteiger partial charge on any atom is 0.266 e. The fraction of sp³-hybridized carbons (Fsp3) is 0.111. The zero-order chi connectivity index (χ0) is 20.5. The van der Waals surface area contributed by atoms with Crippen molar-refractivity contribution in [3.8, 4) is 0 Å². The van der Waals surface area contributed by atoms with Gasteiger partial charge in [-0.3, -0.25) is 0 Å². The van der Waals surface area contributed by atoms with E-state index in [0.29, 0.717) is 0 Å². The average Bonchev–Trinajstić information content (AvgIpc) is 2.77. The van der Waals surface area contributed by atoms with E-state index in [1.807, 2.05) is 0 Å². The number of benzene rings is 4. The van der Waals surface area contributed by atoms with Gasteiger partial charge in [0.05, 0.1) is 0 Å². The SMILES string of the molecule is C[PH+](C)C.c1cc[c]([Al-]([c]2ccccc2)([c]2ccccc2)[c]2ccccc2)cc1. The largest absolute Gasteiger partial charge is 0.266 e. The lowest BCUT2D eigenvalue weighted by molar-refractivity contribution is 1.66. The van der Waals surface area contributed by atoms with Gasteiger partial charge in [0.25, 0.3) is 13.1 Å². The first-order valence-corrected chi connectivity index (χ1v) is 15.6. The van der Waals surface area contributed by atoms with Crippen LogP contribution >= 0.6 is 7.92 Å². The van der Waals surface area contributed by atoms with Crippen LogP contribution in [0, 0.1) is 0 Å². The van der Waals surface area contributed by atoms with Gasteiger partial charge in [0.2, 0.25) is 0 Å². The third-order valence-corrected chi connectivity index (χ3v) is 10.7. The fourth-order valence-corrected chi connectivity index (χ4v) is 9.63. The minimum absolute atomic E-state index is 0.120. The highest BCUT2D eigenvalue weighted by Crippen LogP contribution is 2.14. The summed E-state index contributed by atoms with van der Waals surface area (Å²) in [5, 5.41) is 0. The van der Waals surface area contributed by atoms with Gasteiger partial charge >= 0.3 is 0 Å². The van der Waals surface area contributed by atoms with Crippen molar-refractivity contribution in [1.82, 2.24) is 0 Å². The Labute approximate surface area is 179 Å². The van der Waals surface area contributed by atoms with E-state index >= 15 is 0 Å². The average molecular weight is 412 g/mol. The molecule has 0 aliphatic carbocycles. The molecule has 0 N–H and O–H groups in total. The Hall–Kier alpha value is -2.16. The Morgan fingerprint density at radius 2 is 0.552 bits per heavy atom. The summed E-state index contributed by atoms with van der Waals surface area (Å²) in [5.74, 6) is 0. The van der Waals surface area contributed by atoms with Gasteiger partial charge in [-0.15, -0.1) is 48.5 Å². The van der Waals surface area contributed by atoms with Crippen LogP contribution in [-0.2, 0) is 0 Å². The number of hydrogen-bond acceptors (Lipinski definition) is 0. The highest BCUT2D eigenvalue weighted by atomic mass is 31.1. The molecule has 146 valence electrons. The molecule has 0 nitrogen and oxygen atoms in total. The summed E-state index contributed by atoms with van der Waals surface area (Å²) in [5.41, 5.74) is 0. The van der Waals surface area contributed by atoms with Gasteiger partial charge in [0.1, 0.15) is 0 Å². The highest BCUT2D eigenvalue weighted by molar-refractivity contribution is 7.55. The molecule has 0 amide bonds. The molecule has 0 aliphatic rings. The Morgan fingerprint density at radius 1 is 0.379 bits per heavy atom. The quantitative estimate of drug-likeness (QED) is 0.349. The molecule has 0 bridgehead atoms. The molecule has 0 atom stereocenters. The van der Waals surface area contributed by atoms with Crippen LogP contribution in [0.25, 0.3) is 0 Å². The van der Waals surface area contributed by atoms with Crippen molar-refractivity contribution < 1.29 is 0 Å². The zero-order valence-corrected chi connectivity index (χ0v) is 19.8. The van der Waals surface area contributed by atoms with Crippen molar-refractivity contribution in [3.05, 3.63) is 121 Å². The topological polar surface area (TPSA) is 0 Å². The zero-order valence-electron chi connectivity index (χ0n) is 17.6. The third kappa shape index (κ3) is 5.07. The molecule has 0 aromatic heterocycles. The first-order chi connectivity index (χ1) is 14.2. The first-order valence-electron chi connectivity index (χ1n) is 10.3.